The summed E-state index contributed by atoms with van der Waals surface area (Å²) in [6, 6.07) is 5.70. The Hall–Kier alpha value is -0.830. The monoisotopic (exact) mass is 245 g/mol. The van der Waals surface area contributed by atoms with E-state index in [0.717, 1.165) is 11.3 Å². The molecule has 0 unspecified atom stereocenters. The zero-order valence-electron chi connectivity index (χ0n) is 9.14. The van der Waals surface area contributed by atoms with Crippen LogP contribution in [0.3, 0.4) is 0 Å². The molecule has 1 saturated heterocycles. The molecule has 0 atom stereocenters. The number of piperidine rings is 1. The van der Waals surface area contributed by atoms with Gasteiger partial charge in [0.25, 0.3) is 5.92 Å². The number of nitrogens with zero attached hydrogens (tertiary/aromatic N) is 1. The molecule has 0 radical (unpaired) electrons. The van der Waals surface area contributed by atoms with Crippen LogP contribution in [0.5, 0.6) is 0 Å². The Labute approximate surface area is 99.0 Å². The summed E-state index contributed by atoms with van der Waals surface area (Å²) in [7, 11) is 0. The van der Waals surface area contributed by atoms with Gasteiger partial charge in [0.05, 0.1) is 0 Å². The largest absolute Gasteiger partial charge is 0.371 e. The first kappa shape index (κ1) is 11.6. The van der Waals surface area contributed by atoms with Crippen molar-refractivity contribution in [1.82, 2.24) is 0 Å². The molecule has 0 aliphatic carbocycles. The quantitative estimate of drug-likeness (QED) is 0.726. The second-order valence-corrected chi connectivity index (χ2v) is 4.68. The van der Waals surface area contributed by atoms with Crippen LogP contribution in [0.25, 0.3) is 0 Å². The Kier molecular flexibility index (Phi) is 3.06. The summed E-state index contributed by atoms with van der Waals surface area (Å²) in [5.74, 6) is -2.50. The molecule has 4 heteroatoms. The zero-order chi connectivity index (χ0) is 11.8. The SMILES string of the molecule is Cc1ccc(N2CCC(F)(F)CC2)cc1Cl. The van der Waals surface area contributed by atoms with Gasteiger partial charge in [0, 0.05) is 36.6 Å². The lowest BCUT2D eigenvalue weighted by Gasteiger charge is -2.33. The Bertz CT molecular complexity index is 383. The summed E-state index contributed by atoms with van der Waals surface area (Å²) in [5, 5.41) is 0.690. The molecule has 0 N–H and O–H groups in total. The van der Waals surface area contributed by atoms with Crippen molar-refractivity contribution in [2.75, 3.05) is 18.0 Å². The fourth-order valence-electron chi connectivity index (χ4n) is 1.87. The van der Waals surface area contributed by atoms with E-state index < -0.39 is 5.92 Å². The van der Waals surface area contributed by atoms with Crippen LogP contribution in [-0.4, -0.2) is 19.0 Å². The molecule has 1 aromatic rings. The maximum Gasteiger partial charge on any atom is 0.251 e. The molecular formula is C12H14ClF2N. The average Bonchev–Trinajstić information content (AvgIpc) is 2.22. The summed E-state index contributed by atoms with van der Waals surface area (Å²) >= 11 is 6.01. The molecule has 88 valence electrons. The lowest BCUT2D eigenvalue weighted by atomic mass is 10.1. The molecule has 0 bridgehead atoms. The van der Waals surface area contributed by atoms with Crippen LogP contribution in [-0.2, 0) is 0 Å². The number of benzene rings is 1. The van der Waals surface area contributed by atoms with Crippen molar-refractivity contribution in [3.63, 3.8) is 0 Å². The van der Waals surface area contributed by atoms with E-state index in [1.54, 1.807) is 0 Å². The second-order valence-electron chi connectivity index (χ2n) is 4.28. The summed E-state index contributed by atoms with van der Waals surface area (Å²) in [5.41, 5.74) is 1.94. The first-order chi connectivity index (χ1) is 7.48. The van der Waals surface area contributed by atoms with Gasteiger partial charge in [-0.15, -0.1) is 0 Å². The van der Waals surface area contributed by atoms with E-state index in [2.05, 4.69) is 0 Å². The van der Waals surface area contributed by atoms with Gasteiger partial charge in [0.2, 0.25) is 0 Å². The first-order valence-corrected chi connectivity index (χ1v) is 5.75. The first-order valence-electron chi connectivity index (χ1n) is 5.37. The minimum Gasteiger partial charge on any atom is -0.371 e. The summed E-state index contributed by atoms with van der Waals surface area (Å²) in [6.45, 7) is 2.72. The van der Waals surface area contributed by atoms with Gasteiger partial charge in [0.15, 0.2) is 0 Å². The van der Waals surface area contributed by atoms with Gasteiger partial charge in [-0.2, -0.15) is 0 Å². The smallest absolute Gasteiger partial charge is 0.251 e. The van der Waals surface area contributed by atoms with Gasteiger partial charge in [-0.25, -0.2) is 8.78 Å². The lowest BCUT2D eigenvalue weighted by Crippen LogP contribution is -2.39. The fraction of sp³-hybridized carbons (Fsp3) is 0.500. The molecule has 0 saturated carbocycles. The van der Waals surface area contributed by atoms with Crippen LogP contribution in [0.1, 0.15) is 18.4 Å². The molecule has 1 aliphatic heterocycles. The predicted molar refractivity (Wildman–Crippen MR) is 62.6 cm³/mol. The number of aryl methyl sites for hydroxylation is 1. The molecule has 1 aromatic carbocycles. The third-order valence-electron chi connectivity index (χ3n) is 3.02. The van der Waals surface area contributed by atoms with Crippen LogP contribution >= 0.6 is 11.6 Å². The number of alkyl halides is 2. The highest BCUT2D eigenvalue weighted by Gasteiger charge is 2.33. The van der Waals surface area contributed by atoms with Gasteiger partial charge >= 0.3 is 0 Å². The summed E-state index contributed by atoms with van der Waals surface area (Å²) < 4.78 is 26.0. The van der Waals surface area contributed by atoms with Crippen molar-refractivity contribution in [3.8, 4) is 0 Å². The van der Waals surface area contributed by atoms with Gasteiger partial charge in [-0.05, 0) is 24.6 Å². The molecule has 0 amide bonds. The standard InChI is InChI=1S/C12H14ClF2N/c1-9-2-3-10(8-11(9)13)16-6-4-12(14,15)5-7-16/h2-3,8H,4-7H2,1H3. The second kappa shape index (κ2) is 4.21. The van der Waals surface area contributed by atoms with Crippen LogP contribution in [0.2, 0.25) is 5.02 Å². The fourth-order valence-corrected chi connectivity index (χ4v) is 2.05. The lowest BCUT2D eigenvalue weighted by molar-refractivity contribution is -0.0220. The van der Waals surface area contributed by atoms with Crippen molar-refractivity contribution >= 4 is 17.3 Å². The van der Waals surface area contributed by atoms with Gasteiger partial charge in [-0.3, -0.25) is 0 Å². The van der Waals surface area contributed by atoms with Crippen molar-refractivity contribution in [2.45, 2.75) is 25.7 Å². The summed E-state index contributed by atoms with van der Waals surface area (Å²) in [6.07, 6.45) is -0.142. The Morgan fingerprint density at radius 2 is 1.88 bits per heavy atom. The van der Waals surface area contributed by atoms with E-state index in [1.807, 2.05) is 30.0 Å². The van der Waals surface area contributed by atoms with Gasteiger partial charge in [-0.1, -0.05) is 17.7 Å². The molecule has 1 heterocycles. The van der Waals surface area contributed by atoms with E-state index in [-0.39, 0.29) is 12.8 Å². The minimum absolute atomic E-state index is 0.0709. The van der Waals surface area contributed by atoms with Crippen LogP contribution in [0.4, 0.5) is 14.5 Å². The highest BCUT2D eigenvalue weighted by atomic mass is 35.5. The van der Waals surface area contributed by atoms with Crippen molar-refractivity contribution in [2.24, 2.45) is 0 Å². The zero-order valence-corrected chi connectivity index (χ0v) is 9.90. The molecule has 2 rings (SSSR count). The molecule has 1 nitrogen and oxygen atoms in total. The van der Waals surface area contributed by atoms with Gasteiger partial charge < -0.3 is 4.90 Å². The van der Waals surface area contributed by atoms with Gasteiger partial charge in [0.1, 0.15) is 0 Å². The molecule has 16 heavy (non-hydrogen) atoms. The molecule has 0 aromatic heterocycles. The third kappa shape index (κ3) is 2.46. The van der Waals surface area contributed by atoms with Crippen molar-refractivity contribution in [3.05, 3.63) is 28.8 Å². The maximum absolute atomic E-state index is 13.0. The van der Waals surface area contributed by atoms with E-state index >= 15 is 0 Å². The van der Waals surface area contributed by atoms with E-state index in [4.69, 9.17) is 11.6 Å². The highest BCUT2D eigenvalue weighted by molar-refractivity contribution is 6.31. The number of halogens is 3. The highest BCUT2D eigenvalue weighted by Crippen LogP contribution is 2.31. The number of hydrogen-bond donors (Lipinski definition) is 0. The van der Waals surface area contributed by atoms with E-state index in [0.29, 0.717) is 18.1 Å². The number of rotatable bonds is 1. The molecule has 1 fully saturated rings. The summed E-state index contributed by atoms with van der Waals surface area (Å²) in [4.78, 5) is 1.96. The van der Waals surface area contributed by atoms with E-state index in [9.17, 15) is 8.78 Å². The molecule has 0 spiro atoms. The number of anilines is 1. The van der Waals surface area contributed by atoms with Crippen molar-refractivity contribution < 1.29 is 8.78 Å². The van der Waals surface area contributed by atoms with Crippen LogP contribution in [0.15, 0.2) is 18.2 Å². The Morgan fingerprint density at radius 3 is 2.44 bits per heavy atom. The minimum atomic E-state index is -2.50. The molecular weight excluding hydrogens is 232 g/mol. The topological polar surface area (TPSA) is 3.24 Å². The third-order valence-corrected chi connectivity index (χ3v) is 3.42. The average molecular weight is 246 g/mol. The van der Waals surface area contributed by atoms with Crippen LogP contribution < -0.4 is 4.90 Å². The van der Waals surface area contributed by atoms with Crippen LogP contribution in [0, 0.1) is 6.92 Å². The Balaban J connectivity index is 2.11. The number of hydrogen-bond acceptors (Lipinski definition) is 1. The maximum atomic E-state index is 13.0. The van der Waals surface area contributed by atoms with E-state index in [1.165, 1.54) is 0 Å². The van der Waals surface area contributed by atoms with Crippen molar-refractivity contribution in [1.29, 1.82) is 0 Å². The Morgan fingerprint density at radius 1 is 1.25 bits per heavy atom. The normalized spacial score (nSPS) is 19.9. The molecule has 1 aliphatic rings. The predicted octanol–water partition coefficient (Wildman–Crippen LogP) is 3.88.